The second-order valence-electron chi connectivity index (χ2n) is 3.15. The fourth-order valence-electron chi connectivity index (χ4n) is 1.62. The van der Waals surface area contributed by atoms with E-state index in [-0.39, 0.29) is 0 Å². The molecule has 0 fully saturated rings. The molecule has 2 aromatic heterocycles. The van der Waals surface area contributed by atoms with Crippen LogP contribution in [0.2, 0.25) is 0 Å². The van der Waals surface area contributed by atoms with Crippen molar-refractivity contribution >= 4 is 11.0 Å². The van der Waals surface area contributed by atoms with Gasteiger partial charge in [-0.1, -0.05) is 0 Å². The molecule has 0 bridgehead atoms. The van der Waals surface area contributed by atoms with Crippen LogP contribution in [0.15, 0.2) is 18.3 Å². The van der Waals surface area contributed by atoms with Crippen molar-refractivity contribution in [3.63, 3.8) is 0 Å². The number of fused-ring (bicyclic) bond motifs is 1. The van der Waals surface area contributed by atoms with Crippen LogP contribution in [-0.2, 0) is 13.6 Å². The van der Waals surface area contributed by atoms with Crippen LogP contribution in [0.25, 0.3) is 11.0 Å². The van der Waals surface area contributed by atoms with E-state index in [1.54, 1.807) is 13.3 Å². The Balaban J connectivity index is 2.77. The summed E-state index contributed by atoms with van der Waals surface area (Å²) < 4.78 is 7.23. The molecule has 0 saturated heterocycles. The Morgan fingerprint density at radius 1 is 1.57 bits per heavy atom. The first-order valence-corrected chi connectivity index (χ1v) is 4.45. The van der Waals surface area contributed by atoms with Crippen molar-refractivity contribution in [3.8, 4) is 5.75 Å². The highest BCUT2D eigenvalue weighted by Gasteiger charge is 2.08. The third-order valence-corrected chi connectivity index (χ3v) is 2.42. The molecule has 4 heteroatoms. The maximum atomic E-state index is 5.62. The summed E-state index contributed by atoms with van der Waals surface area (Å²) >= 11 is 0. The minimum Gasteiger partial charge on any atom is -0.496 e. The number of nitrogens with two attached hydrogens (primary N) is 1. The monoisotopic (exact) mass is 191 g/mol. The maximum absolute atomic E-state index is 5.62. The Hall–Kier alpha value is -1.55. The zero-order valence-electron chi connectivity index (χ0n) is 8.32. The first-order valence-electron chi connectivity index (χ1n) is 4.45. The van der Waals surface area contributed by atoms with Crippen molar-refractivity contribution in [2.75, 3.05) is 7.11 Å². The van der Waals surface area contributed by atoms with E-state index in [1.165, 1.54) is 0 Å². The molecule has 0 radical (unpaired) electrons. The number of rotatable bonds is 2. The number of aryl methyl sites for hydroxylation is 1. The first-order chi connectivity index (χ1) is 6.77. The average molecular weight is 191 g/mol. The zero-order chi connectivity index (χ0) is 10.1. The lowest BCUT2D eigenvalue weighted by Crippen LogP contribution is -2.03. The lowest BCUT2D eigenvalue weighted by molar-refractivity contribution is 0.419. The third-order valence-electron chi connectivity index (χ3n) is 2.42. The average Bonchev–Trinajstić information content (AvgIpc) is 2.55. The Bertz CT molecular complexity index is 462. The quantitative estimate of drug-likeness (QED) is 0.771. The summed E-state index contributed by atoms with van der Waals surface area (Å²) in [7, 11) is 3.61. The van der Waals surface area contributed by atoms with Gasteiger partial charge in [0.25, 0.3) is 0 Å². The second-order valence-corrected chi connectivity index (χ2v) is 3.15. The van der Waals surface area contributed by atoms with Crippen LogP contribution in [-0.4, -0.2) is 16.7 Å². The summed E-state index contributed by atoms with van der Waals surface area (Å²) in [5.41, 5.74) is 7.58. The van der Waals surface area contributed by atoms with Gasteiger partial charge in [-0.05, 0) is 12.1 Å². The smallest absolute Gasteiger partial charge is 0.143 e. The summed E-state index contributed by atoms with van der Waals surface area (Å²) in [6, 6.07) is 3.86. The standard InChI is InChI=1S/C10H13N3O/c1-13-7(6-11)5-8-9(14-2)3-4-12-10(8)13/h3-5H,6,11H2,1-2H3. The van der Waals surface area contributed by atoms with Gasteiger partial charge in [-0.15, -0.1) is 0 Å². The Morgan fingerprint density at radius 3 is 3.00 bits per heavy atom. The SMILES string of the molecule is COc1ccnc2c1cc(CN)n2C. The Kier molecular flexibility index (Phi) is 2.13. The topological polar surface area (TPSA) is 53.1 Å². The van der Waals surface area contributed by atoms with E-state index in [2.05, 4.69) is 4.98 Å². The van der Waals surface area contributed by atoms with Crippen LogP contribution in [0, 0.1) is 0 Å². The van der Waals surface area contributed by atoms with Gasteiger partial charge in [0.05, 0.1) is 12.5 Å². The molecule has 2 rings (SSSR count). The predicted molar refractivity (Wildman–Crippen MR) is 55.2 cm³/mol. The van der Waals surface area contributed by atoms with E-state index in [9.17, 15) is 0 Å². The van der Waals surface area contributed by atoms with E-state index < -0.39 is 0 Å². The van der Waals surface area contributed by atoms with Gasteiger partial charge >= 0.3 is 0 Å². The number of hydrogen-bond acceptors (Lipinski definition) is 3. The highest BCUT2D eigenvalue weighted by Crippen LogP contribution is 2.25. The molecule has 0 saturated carbocycles. The maximum Gasteiger partial charge on any atom is 0.143 e. The van der Waals surface area contributed by atoms with Crippen molar-refractivity contribution in [3.05, 3.63) is 24.0 Å². The van der Waals surface area contributed by atoms with E-state index in [0.29, 0.717) is 6.54 Å². The van der Waals surface area contributed by atoms with Crippen LogP contribution in [0.1, 0.15) is 5.69 Å². The fraction of sp³-hybridized carbons (Fsp3) is 0.300. The number of methoxy groups -OCH3 is 1. The molecule has 14 heavy (non-hydrogen) atoms. The fourth-order valence-corrected chi connectivity index (χ4v) is 1.62. The van der Waals surface area contributed by atoms with Crippen LogP contribution >= 0.6 is 0 Å². The molecule has 0 amide bonds. The Morgan fingerprint density at radius 2 is 2.36 bits per heavy atom. The number of pyridine rings is 1. The van der Waals surface area contributed by atoms with Gasteiger partial charge in [-0.25, -0.2) is 4.98 Å². The highest BCUT2D eigenvalue weighted by atomic mass is 16.5. The lowest BCUT2D eigenvalue weighted by Gasteiger charge is -2.01. The molecular formula is C10H13N3O. The molecule has 0 aromatic carbocycles. The van der Waals surface area contributed by atoms with Crippen LogP contribution in [0.5, 0.6) is 5.75 Å². The van der Waals surface area contributed by atoms with E-state index in [4.69, 9.17) is 10.5 Å². The van der Waals surface area contributed by atoms with Crippen molar-refractivity contribution < 1.29 is 4.74 Å². The number of ether oxygens (including phenoxy) is 1. The van der Waals surface area contributed by atoms with Gasteiger partial charge < -0.3 is 15.0 Å². The van der Waals surface area contributed by atoms with Crippen LogP contribution < -0.4 is 10.5 Å². The van der Waals surface area contributed by atoms with Gasteiger partial charge in [-0.2, -0.15) is 0 Å². The van der Waals surface area contributed by atoms with E-state index in [1.807, 2.05) is 23.7 Å². The van der Waals surface area contributed by atoms with Gasteiger partial charge in [-0.3, -0.25) is 0 Å². The largest absolute Gasteiger partial charge is 0.496 e. The molecule has 0 aliphatic carbocycles. The van der Waals surface area contributed by atoms with E-state index >= 15 is 0 Å². The molecule has 74 valence electrons. The third kappa shape index (κ3) is 1.15. The highest BCUT2D eigenvalue weighted by molar-refractivity contribution is 5.84. The summed E-state index contributed by atoms with van der Waals surface area (Å²) in [6.07, 6.45) is 1.74. The summed E-state index contributed by atoms with van der Waals surface area (Å²) in [6.45, 7) is 0.510. The van der Waals surface area contributed by atoms with Crippen LogP contribution in [0.3, 0.4) is 0 Å². The van der Waals surface area contributed by atoms with Crippen molar-refractivity contribution in [2.45, 2.75) is 6.54 Å². The first kappa shape index (κ1) is 9.02. The number of nitrogens with zero attached hydrogens (tertiary/aromatic N) is 2. The minimum absolute atomic E-state index is 0.510. The van der Waals surface area contributed by atoms with Gasteiger partial charge in [0.2, 0.25) is 0 Å². The molecule has 0 spiro atoms. The normalized spacial score (nSPS) is 10.8. The number of aromatic nitrogens is 2. The van der Waals surface area contributed by atoms with Gasteiger partial charge in [0.1, 0.15) is 11.4 Å². The molecule has 4 nitrogen and oxygen atoms in total. The van der Waals surface area contributed by atoms with Gasteiger partial charge in [0.15, 0.2) is 0 Å². The minimum atomic E-state index is 0.510. The van der Waals surface area contributed by atoms with Crippen molar-refractivity contribution in [1.29, 1.82) is 0 Å². The van der Waals surface area contributed by atoms with Crippen molar-refractivity contribution in [2.24, 2.45) is 12.8 Å². The zero-order valence-corrected chi connectivity index (χ0v) is 8.32. The molecule has 0 aliphatic rings. The molecule has 0 unspecified atom stereocenters. The van der Waals surface area contributed by atoms with Crippen LogP contribution in [0.4, 0.5) is 0 Å². The molecular weight excluding hydrogens is 178 g/mol. The molecule has 2 N–H and O–H groups in total. The second kappa shape index (κ2) is 3.31. The molecule has 0 atom stereocenters. The number of hydrogen-bond donors (Lipinski definition) is 1. The molecule has 2 aromatic rings. The van der Waals surface area contributed by atoms with Crippen molar-refractivity contribution in [1.82, 2.24) is 9.55 Å². The summed E-state index contributed by atoms with van der Waals surface area (Å²) in [5.74, 6) is 0.838. The lowest BCUT2D eigenvalue weighted by atomic mass is 10.3. The summed E-state index contributed by atoms with van der Waals surface area (Å²) in [4.78, 5) is 4.29. The summed E-state index contributed by atoms with van der Waals surface area (Å²) in [5, 5.41) is 1.01. The predicted octanol–water partition coefficient (Wildman–Crippen LogP) is 1.04. The Labute approximate surface area is 82.3 Å². The van der Waals surface area contributed by atoms with E-state index in [0.717, 1.165) is 22.5 Å². The van der Waals surface area contributed by atoms with Gasteiger partial charge in [0, 0.05) is 25.5 Å². The molecule has 0 aliphatic heterocycles. The molecule has 2 heterocycles.